The van der Waals surface area contributed by atoms with Gasteiger partial charge in [0.2, 0.25) is 10.0 Å². The molecule has 0 atom stereocenters. The average Bonchev–Trinajstić information content (AvgIpc) is 2.91. The van der Waals surface area contributed by atoms with Gasteiger partial charge in [-0.05, 0) is 12.1 Å². The number of benzene rings is 1. The van der Waals surface area contributed by atoms with Crippen LogP contribution in [0.5, 0.6) is 0 Å². The van der Waals surface area contributed by atoms with Crippen LogP contribution in [-0.2, 0) is 16.6 Å². The molecule has 0 fully saturated rings. The van der Waals surface area contributed by atoms with Gasteiger partial charge in [0.15, 0.2) is 0 Å². The molecule has 1 heterocycles. The summed E-state index contributed by atoms with van der Waals surface area (Å²) in [5.41, 5.74) is 3.03. The van der Waals surface area contributed by atoms with E-state index < -0.39 is 10.0 Å². The third-order valence-corrected chi connectivity index (χ3v) is 5.21. The molecule has 0 saturated heterocycles. The first-order valence-electron chi connectivity index (χ1n) is 5.66. The third-order valence-electron chi connectivity index (χ3n) is 2.71. The van der Waals surface area contributed by atoms with E-state index in [1.165, 1.54) is 15.6 Å². The maximum atomic E-state index is 12.5. The molecular formula is C12H15N3O2S2. The van der Waals surface area contributed by atoms with Gasteiger partial charge in [-0.2, -0.15) is 4.31 Å². The normalized spacial score (nSPS) is 11.7. The van der Waals surface area contributed by atoms with Crippen molar-refractivity contribution < 1.29 is 8.42 Å². The summed E-state index contributed by atoms with van der Waals surface area (Å²) < 4.78 is 26.3. The Morgan fingerprint density at radius 3 is 2.74 bits per heavy atom. The second kappa shape index (κ2) is 5.68. The molecule has 2 aromatic rings. The molecule has 0 aliphatic heterocycles. The van der Waals surface area contributed by atoms with Gasteiger partial charge in [-0.15, -0.1) is 11.3 Å². The number of nitrogens with zero attached hydrogens (tertiary/aromatic N) is 2. The van der Waals surface area contributed by atoms with Crippen LogP contribution in [0.3, 0.4) is 0 Å². The minimum Gasteiger partial charge on any atom is -0.387 e. The SMILES string of the molecule is CNc1ccccc1S(=O)(=O)N(C)Cc1cscn1. The molecule has 0 spiro atoms. The molecule has 0 radical (unpaired) electrons. The van der Waals surface area contributed by atoms with Gasteiger partial charge >= 0.3 is 0 Å². The molecule has 0 saturated carbocycles. The number of aromatic nitrogens is 1. The van der Waals surface area contributed by atoms with Crippen LogP contribution in [0.25, 0.3) is 0 Å². The van der Waals surface area contributed by atoms with Gasteiger partial charge in [0, 0.05) is 19.5 Å². The minimum atomic E-state index is -3.52. The summed E-state index contributed by atoms with van der Waals surface area (Å²) in [5.74, 6) is 0. The fraction of sp³-hybridized carbons (Fsp3) is 0.250. The number of hydrogen-bond acceptors (Lipinski definition) is 5. The largest absolute Gasteiger partial charge is 0.387 e. The van der Waals surface area contributed by atoms with Gasteiger partial charge in [-0.25, -0.2) is 13.4 Å². The predicted molar refractivity (Wildman–Crippen MR) is 76.8 cm³/mol. The van der Waals surface area contributed by atoms with Crippen LogP contribution >= 0.6 is 11.3 Å². The van der Waals surface area contributed by atoms with Crippen molar-refractivity contribution in [3.63, 3.8) is 0 Å². The topological polar surface area (TPSA) is 62.3 Å². The van der Waals surface area contributed by atoms with Gasteiger partial charge in [0.1, 0.15) is 4.90 Å². The lowest BCUT2D eigenvalue weighted by Gasteiger charge is -2.18. The molecule has 0 aliphatic carbocycles. The maximum absolute atomic E-state index is 12.5. The molecule has 1 aromatic carbocycles. The second-order valence-electron chi connectivity index (χ2n) is 3.99. The lowest BCUT2D eigenvalue weighted by molar-refractivity contribution is 0.463. The monoisotopic (exact) mass is 297 g/mol. The van der Waals surface area contributed by atoms with E-state index in [-0.39, 0.29) is 11.4 Å². The standard InChI is InChI=1S/C12H15N3O2S2/c1-13-11-5-3-4-6-12(11)19(16,17)15(2)7-10-8-18-9-14-10/h3-6,8-9,13H,7H2,1-2H3. The Morgan fingerprint density at radius 1 is 1.37 bits per heavy atom. The van der Waals surface area contributed by atoms with E-state index in [0.29, 0.717) is 5.69 Å². The number of hydrogen-bond donors (Lipinski definition) is 1. The number of sulfonamides is 1. The van der Waals surface area contributed by atoms with E-state index in [9.17, 15) is 8.42 Å². The summed E-state index contributed by atoms with van der Waals surface area (Å²) >= 11 is 1.45. The lowest BCUT2D eigenvalue weighted by atomic mass is 10.3. The highest BCUT2D eigenvalue weighted by Gasteiger charge is 2.23. The van der Waals surface area contributed by atoms with Gasteiger partial charge in [-0.1, -0.05) is 12.1 Å². The van der Waals surface area contributed by atoms with E-state index in [0.717, 1.165) is 5.69 Å². The number of anilines is 1. The lowest BCUT2D eigenvalue weighted by Crippen LogP contribution is -2.27. The van der Waals surface area contributed by atoms with Crippen LogP contribution < -0.4 is 5.32 Å². The van der Waals surface area contributed by atoms with Crippen molar-refractivity contribution in [2.24, 2.45) is 0 Å². The van der Waals surface area contributed by atoms with Gasteiger partial charge in [0.05, 0.1) is 23.4 Å². The Balaban J connectivity index is 2.31. The second-order valence-corrected chi connectivity index (χ2v) is 6.72. The minimum absolute atomic E-state index is 0.268. The molecule has 1 N–H and O–H groups in total. The van der Waals surface area contributed by atoms with Crippen molar-refractivity contribution >= 4 is 27.0 Å². The van der Waals surface area contributed by atoms with E-state index in [4.69, 9.17) is 0 Å². The highest BCUT2D eigenvalue weighted by Crippen LogP contribution is 2.24. The first kappa shape index (κ1) is 14.0. The van der Waals surface area contributed by atoms with Crippen molar-refractivity contribution in [3.8, 4) is 0 Å². The molecule has 0 unspecified atom stereocenters. The van der Waals surface area contributed by atoms with Gasteiger partial charge in [-0.3, -0.25) is 0 Å². The quantitative estimate of drug-likeness (QED) is 0.917. The zero-order chi connectivity index (χ0) is 13.9. The number of nitrogens with one attached hydrogen (secondary N) is 1. The van der Waals surface area contributed by atoms with Crippen LogP contribution in [0.2, 0.25) is 0 Å². The molecule has 7 heteroatoms. The van der Waals surface area contributed by atoms with E-state index in [2.05, 4.69) is 10.3 Å². The summed E-state index contributed by atoms with van der Waals surface area (Å²) in [6.07, 6.45) is 0. The van der Waals surface area contributed by atoms with Crippen molar-refractivity contribution in [2.45, 2.75) is 11.4 Å². The molecule has 0 aliphatic rings. The highest BCUT2D eigenvalue weighted by molar-refractivity contribution is 7.89. The molecule has 102 valence electrons. The van der Waals surface area contributed by atoms with Crippen LogP contribution in [-0.4, -0.2) is 31.8 Å². The van der Waals surface area contributed by atoms with Gasteiger partial charge < -0.3 is 5.32 Å². The molecule has 19 heavy (non-hydrogen) atoms. The third kappa shape index (κ3) is 2.94. The Labute approximate surface area is 117 Å². The van der Waals surface area contributed by atoms with E-state index in [1.54, 1.807) is 43.9 Å². The molecular weight excluding hydrogens is 282 g/mol. The summed E-state index contributed by atoms with van der Waals surface area (Å²) in [6, 6.07) is 6.85. The summed E-state index contributed by atoms with van der Waals surface area (Å²) in [4.78, 5) is 4.38. The summed E-state index contributed by atoms with van der Waals surface area (Å²) in [5, 5.41) is 4.74. The zero-order valence-corrected chi connectivity index (χ0v) is 12.3. The Bertz CT molecular complexity index is 639. The molecule has 2 rings (SSSR count). The first-order chi connectivity index (χ1) is 9.05. The number of para-hydroxylation sites is 1. The molecule has 1 aromatic heterocycles. The first-order valence-corrected chi connectivity index (χ1v) is 8.04. The van der Waals surface area contributed by atoms with E-state index in [1.807, 2.05) is 5.38 Å². The highest BCUT2D eigenvalue weighted by atomic mass is 32.2. The Morgan fingerprint density at radius 2 is 2.11 bits per heavy atom. The number of rotatable bonds is 5. The smallest absolute Gasteiger partial charge is 0.245 e. The van der Waals surface area contributed by atoms with E-state index >= 15 is 0 Å². The average molecular weight is 297 g/mol. The van der Waals surface area contributed by atoms with Gasteiger partial charge in [0.25, 0.3) is 0 Å². The Hall–Kier alpha value is -1.44. The summed E-state index contributed by atoms with van der Waals surface area (Å²) in [6.45, 7) is 0.268. The molecule has 0 amide bonds. The van der Waals surface area contributed by atoms with Crippen molar-refractivity contribution in [1.82, 2.24) is 9.29 Å². The summed E-state index contributed by atoms with van der Waals surface area (Å²) in [7, 11) is -0.263. The molecule has 5 nitrogen and oxygen atoms in total. The maximum Gasteiger partial charge on any atom is 0.245 e. The van der Waals surface area contributed by atoms with Crippen molar-refractivity contribution in [2.75, 3.05) is 19.4 Å². The van der Waals surface area contributed by atoms with Crippen molar-refractivity contribution in [3.05, 3.63) is 40.8 Å². The fourth-order valence-corrected chi connectivity index (χ4v) is 3.58. The Kier molecular flexibility index (Phi) is 4.18. The fourth-order valence-electron chi connectivity index (χ4n) is 1.69. The van der Waals surface area contributed by atoms with Crippen LogP contribution in [0, 0.1) is 0 Å². The number of thiazole rings is 1. The van der Waals surface area contributed by atoms with Crippen LogP contribution in [0.15, 0.2) is 40.1 Å². The zero-order valence-electron chi connectivity index (χ0n) is 10.7. The predicted octanol–water partition coefficient (Wildman–Crippen LogP) is 2.01. The van der Waals surface area contributed by atoms with Crippen molar-refractivity contribution in [1.29, 1.82) is 0 Å². The van der Waals surface area contributed by atoms with Crippen LogP contribution in [0.1, 0.15) is 5.69 Å². The van der Waals surface area contributed by atoms with Crippen LogP contribution in [0.4, 0.5) is 5.69 Å². The molecule has 0 bridgehead atoms.